The lowest BCUT2D eigenvalue weighted by molar-refractivity contribution is 0.137. The van der Waals surface area contributed by atoms with Gasteiger partial charge >= 0.3 is 0 Å². The summed E-state index contributed by atoms with van der Waals surface area (Å²) in [5, 5.41) is 0. The van der Waals surface area contributed by atoms with Crippen molar-refractivity contribution in [3.63, 3.8) is 0 Å². The van der Waals surface area contributed by atoms with Crippen LogP contribution >= 0.6 is 0 Å². The lowest BCUT2D eigenvalue weighted by atomic mass is 10.1. The normalized spacial score (nSPS) is 16.5. The topological polar surface area (TPSA) is 6.48 Å². The van der Waals surface area contributed by atoms with E-state index >= 15 is 0 Å². The molecule has 0 saturated carbocycles. The third-order valence-electron chi connectivity index (χ3n) is 6.28. The van der Waals surface area contributed by atoms with Crippen molar-refractivity contribution in [1.82, 2.24) is 9.80 Å². The molecule has 2 heteroatoms. The smallest absolute Gasteiger partial charge is 0.101 e. The van der Waals surface area contributed by atoms with Gasteiger partial charge in [0.1, 0.15) is 6.17 Å². The maximum Gasteiger partial charge on any atom is 0.101 e. The molecule has 1 atom stereocenters. The molecule has 0 aromatic rings. The predicted octanol–water partition coefficient (Wildman–Crippen LogP) is 8.48. The monoisotopic (exact) mass is 392 g/mol. The highest BCUT2D eigenvalue weighted by molar-refractivity contribution is 4.96. The van der Waals surface area contributed by atoms with Crippen LogP contribution in [0, 0.1) is 0 Å². The van der Waals surface area contributed by atoms with Crippen LogP contribution in [-0.4, -0.2) is 29.1 Å². The second-order valence-electron chi connectivity index (χ2n) is 8.99. The van der Waals surface area contributed by atoms with Gasteiger partial charge in [-0.1, -0.05) is 111 Å². The molecule has 0 aromatic carbocycles. The molecule has 0 aliphatic carbocycles. The highest BCUT2D eigenvalue weighted by atomic mass is 15.4. The van der Waals surface area contributed by atoms with Crippen LogP contribution in [0.25, 0.3) is 0 Å². The fourth-order valence-corrected chi connectivity index (χ4v) is 4.49. The van der Waals surface area contributed by atoms with E-state index in [0.717, 1.165) is 0 Å². The third kappa shape index (κ3) is 12.0. The van der Waals surface area contributed by atoms with Crippen molar-refractivity contribution in [2.24, 2.45) is 0 Å². The molecule has 1 aliphatic rings. The van der Waals surface area contributed by atoms with Gasteiger partial charge in [-0.25, -0.2) is 0 Å². The summed E-state index contributed by atoms with van der Waals surface area (Å²) >= 11 is 0. The SMILES string of the molecule is CCCCCCCCCCCCN1C=CN(CCC)C1CCCCCCCC. The van der Waals surface area contributed by atoms with Gasteiger partial charge in [-0.15, -0.1) is 0 Å². The molecule has 166 valence electrons. The highest BCUT2D eigenvalue weighted by Gasteiger charge is 2.24. The van der Waals surface area contributed by atoms with Crippen molar-refractivity contribution >= 4 is 0 Å². The van der Waals surface area contributed by atoms with Gasteiger partial charge in [0.25, 0.3) is 0 Å². The van der Waals surface area contributed by atoms with Crippen molar-refractivity contribution in [3.05, 3.63) is 12.4 Å². The molecular formula is C26H52N2. The summed E-state index contributed by atoms with van der Waals surface area (Å²) in [4.78, 5) is 5.24. The minimum atomic E-state index is 0.643. The van der Waals surface area contributed by atoms with E-state index in [0.29, 0.717) is 6.17 Å². The first-order chi connectivity index (χ1) is 13.8. The number of nitrogens with zero attached hydrogens (tertiary/aromatic N) is 2. The maximum atomic E-state index is 2.65. The largest absolute Gasteiger partial charge is 0.356 e. The minimum Gasteiger partial charge on any atom is -0.356 e. The molecule has 0 saturated heterocycles. The molecule has 0 amide bonds. The van der Waals surface area contributed by atoms with Gasteiger partial charge < -0.3 is 9.80 Å². The van der Waals surface area contributed by atoms with E-state index in [2.05, 4.69) is 43.0 Å². The summed E-state index contributed by atoms with van der Waals surface area (Å²) in [6, 6.07) is 0. The molecule has 0 fully saturated rings. The Morgan fingerprint density at radius 2 is 0.893 bits per heavy atom. The molecule has 1 aliphatic heterocycles. The summed E-state index contributed by atoms with van der Waals surface area (Å²) in [6.07, 6.45) is 30.7. The average molecular weight is 393 g/mol. The lowest BCUT2D eigenvalue weighted by Gasteiger charge is -2.33. The summed E-state index contributed by atoms with van der Waals surface area (Å²) < 4.78 is 0. The van der Waals surface area contributed by atoms with E-state index in [1.165, 1.54) is 129 Å². The predicted molar refractivity (Wildman–Crippen MR) is 126 cm³/mol. The van der Waals surface area contributed by atoms with Crippen LogP contribution in [0.1, 0.15) is 136 Å². The minimum absolute atomic E-state index is 0.643. The Hall–Kier alpha value is -0.660. The van der Waals surface area contributed by atoms with E-state index in [1.807, 2.05) is 0 Å². The molecule has 28 heavy (non-hydrogen) atoms. The third-order valence-corrected chi connectivity index (χ3v) is 6.28. The Kier molecular flexibility index (Phi) is 16.7. The van der Waals surface area contributed by atoms with Crippen LogP contribution in [0.4, 0.5) is 0 Å². The molecule has 1 unspecified atom stereocenters. The van der Waals surface area contributed by atoms with Crippen LogP contribution < -0.4 is 0 Å². The van der Waals surface area contributed by atoms with Gasteiger partial charge in [0, 0.05) is 25.5 Å². The van der Waals surface area contributed by atoms with Crippen LogP contribution in [0.2, 0.25) is 0 Å². The Balaban J connectivity index is 2.12. The van der Waals surface area contributed by atoms with Gasteiger partial charge in [0.05, 0.1) is 0 Å². The highest BCUT2D eigenvalue weighted by Crippen LogP contribution is 2.23. The van der Waals surface area contributed by atoms with Gasteiger partial charge in [0.15, 0.2) is 0 Å². The molecule has 0 spiro atoms. The van der Waals surface area contributed by atoms with Crippen molar-refractivity contribution in [2.75, 3.05) is 13.1 Å². The van der Waals surface area contributed by atoms with Crippen molar-refractivity contribution < 1.29 is 0 Å². The van der Waals surface area contributed by atoms with E-state index in [1.54, 1.807) is 0 Å². The summed E-state index contributed by atoms with van der Waals surface area (Å²) in [6.45, 7) is 9.38. The second kappa shape index (κ2) is 18.4. The zero-order valence-corrected chi connectivity index (χ0v) is 19.8. The van der Waals surface area contributed by atoms with Crippen LogP contribution in [-0.2, 0) is 0 Å². The van der Waals surface area contributed by atoms with Gasteiger partial charge in [-0.05, 0) is 25.7 Å². The van der Waals surface area contributed by atoms with Gasteiger partial charge in [-0.2, -0.15) is 0 Å². The molecule has 0 bridgehead atoms. The van der Waals surface area contributed by atoms with E-state index in [4.69, 9.17) is 0 Å². The van der Waals surface area contributed by atoms with Gasteiger partial charge in [-0.3, -0.25) is 0 Å². The van der Waals surface area contributed by atoms with Crippen LogP contribution in [0.15, 0.2) is 12.4 Å². The van der Waals surface area contributed by atoms with Crippen molar-refractivity contribution in [1.29, 1.82) is 0 Å². The summed E-state index contributed by atoms with van der Waals surface area (Å²) in [5.74, 6) is 0. The quantitative estimate of drug-likeness (QED) is 0.192. The van der Waals surface area contributed by atoms with Crippen molar-refractivity contribution in [2.45, 2.75) is 143 Å². The Morgan fingerprint density at radius 1 is 0.464 bits per heavy atom. The fourth-order valence-electron chi connectivity index (χ4n) is 4.49. The number of rotatable bonds is 20. The maximum absolute atomic E-state index is 2.65. The molecule has 0 radical (unpaired) electrons. The zero-order valence-electron chi connectivity index (χ0n) is 19.8. The van der Waals surface area contributed by atoms with E-state index in [9.17, 15) is 0 Å². The standard InChI is InChI=1S/C26H52N2/c1-4-7-9-11-13-14-15-16-18-20-23-28-25-24-27(22-6-3)26(28)21-19-17-12-10-8-5-2/h24-26H,4-23H2,1-3H3. The lowest BCUT2D eigenvalue weighted by Crippen LogP contribution is -2.39. The van der Waals surface area contributed by atoms with E-state index < -0.39 is 0 Å². The fraction of sp³-hybridized carbons (Fsp3) is 0.923. The molecule has 1 rings (SSSR count). The van der Waals surface area contributed by atoms with E-state index in [-0.39, 0.29) is 0 Å². The molecule has 0 N–H and O–H groups in total. The summed E-state index contributed by atoms with van der Waals surface area (Å²) in [5.41, 5.74) is 0. The summed E-state index contributed by atoms with van der Waals surface area (Å²) in [7, 11) is 0. The average Bonchev–Trinajstić information content (AvgIpc) is 3.08. The Labute approximate surface area is 178 Å². The Morgan fingerprint density at radius 3 is 1.39 bits per heavy atom. The van der Waals surface area contributed by atoms with Crippen LogP contribution in [0.3, 0.4) is 0 Å². The van der Waals surface area contributed by atoms with Crippen molar-refractivity contribution in [3.8, 4) is 0 Å². The molecule has 0 aromatic heterocycles. The Bertz CT molecular complexity index is 352. The molecule has 2 nitrogen and oxygen atoms in total. The number of hydrogen-bond donors (Lipinski definition) is 0. The first kappa shape index (κ1) is 25.4. The molecule has 1 heterocycles. The number of hydrogen-bond acceptors (Lipinski definition) is 2. The number of unbranched alkanes of at least 4 members (excludes halogenated alkanes) is 14. The first-order valence-corrected chi connectivity index (χ1v) is 13.0. The zero-order chi connectivity index (χ0) is 20.3. The first-order valence-electron chi connectivity index (χ1n) is 13.0. The molecular weight excluding hydrogens is 340 g/mol. The van der Waals surface area contributed by atoms with Crippen LogP contribution in [0.5, 0.6) is 0 Å². The second-order valence-corrected chi connectivity index (χ2v) is 8.99. The van der Waals surface area contributed by atoms with Gasteiger partial charge in [0.2, 0.25) is 0 Å².